The molecule has 1 aromatic carbocycles. The molecule has 0 fully saturated rings. The Kier molecular flexibility index (Phi) is 2.74. The molecule has 0 atom stereocenters. The van der Waals surface area contributed by atoms with Gasteiger partial charge >= 0.3 is 0 Å². The number of nitrogens with zero attached hydrogens (tertiary/aromatic N) is 3. The van der Waals surface area contributed by atoms with Gasteiger partial charge in [0.25, 0.3) is 5.91 Å². The summed E-state index contributed by atoms with van der Waals surface area (Å²) in [7, 11) is 1.86. The van der Waals surface area contributed by atoms with Crippen molar-refractivity contribution in [3.63, 3.8) is 0 Å². The molecule has 2 N–H and O–H groups in total. The molecule has 5 nitrogen and oxygen atoms in total. The second-order valence-electron chi connectivity index (χ2n) is 4.87. The molecule has 2 heterocycles. The van der Waals surface area contributed by atoms with E-state index in [1.54, 1.807) is 22.0 Å². The lowest BCUT2D eigenvalue weighted by molar-refractivity contribution is 0.0980. The molecule has 5 heteroatoms. The number of benzene rings is 1. The third-order valence-electron chi connectivity index (χ3n) is 3.39. The summed E-state index contributed by atoms with van der Waals surface area (Å²) in [6.45, 7) is 0.728. The second-order valence-corrected chi connectivity index (χ2v) is 4.87. The molecule has 0 spiro atoms. The number of anilines is 2. The van der Waals surface area contributed by atoms with E-state index in [4.69, 9.17) is 5.73 Å². The number of fused-ring (bicyclic) bond motifs is 1. The number of nitrogen functional groups attached to an aromatic ring is 1. The fraction of sp³-hybridized carbons (Fsp3) is 0.286. The van der Waals surface area contributed by atoms with Gasteiger partial charge in [-0.1, -0.05) is 0 Å². The van der Waals surface area contributed by atoms with Crippen LogP contribution in [0.3, 0.4) is 0 Å². The molecule has 0 saturated heterocycles. The van der Waals surface area contributed by atoms with Crippen molar-refractivity contribution in [3.05, 3.63) is 42.0 Å². The first-order valence-electron chi connectivity index (χ1n) is 6.33. The second kappa shape index (κ2) is 4.42. The van der Waals surface area contributed by atoms with Crippen molar-refractivity contribution in [1.29, 1.82) is 0 Å². The number of hydrogen-bond donors (Lipinski definition) is 1. The van der Waals surface area contributed by atoms with Crippen LogP contribution in [-0.2, 0) is 13.5 Å². The minimum absolute atomic E-state index is 0.0497. The summed E-state index contributed by atoms with van der Waals surface area (Å²) >= 11 is 0. The van der Waals surface area contributed by atoms with Crippen molar-refractivity contribution < 1.29 is 4.79 Å². The van der Waals surface area contributed by atoms with Crippen LogP contribution in [0.5, 0.6) is 0 Å². The zero-order chi connectivity index (χ0) is 13.4. The lowest BCUT2D eigenvalue weighted by Crippen LogP contribution is -2.35. The lowest BCUT2D eigenvalue weighted by atomic mass is 10.0. The Morgan fingerprint density at radius 3 is 3.00 bits per heavy atom. The lowest BCUT2D eigenvalue weighted by Gasteiger charge is -2.29. The van der Waals surface area contributed by atoms with E-state index in [0.29, 0.717) is 5.69 Å². The van der Waals surface area contributed by atoms with Crippen molar-refractivity contribution in [2.24, 2.45) is 7.05 Å². The number of amides is 1. The van der Waals surface area contributed by atoms with Crippen molar-refractivity contribution in [3.8, 4) is 0 Å². The van der Waals surface area contributed by atoms with E-state index in [2.05, 4.69) is 4.98 Å². The van der Waals surface area contributed by atoms with E-state index >= 15 is 0 Å². The highest BCUT2D eigenvalue weighted by Gasteiger charge is 2.24. The van der Waals surface area contributed by atoms with Gasteiger partial charge < -0.3 is 15.2 Å². The zero-order valence-electron chi connectivity index (χ0n) is 10.8. The van der Waals surface area contributed by atoms with Gasteiger partial charge in [-0.3, -0.25) is 4.79 Å². The summed E-state index contributed by atoms with van der Waals surface area (Å²) in [6, 6.07) is 5.71. The normalized spacial score (nSPS) is 14.3. The minimum atomic E-state index is -0.0497. The van der Waals surface area contributed by atoms with Crippen LogP contribution < -0.4 is 10.6 Å². The van der Waals surface area contributed by atoms with Gasteiger partial charge in [0.1, 0.15) is 5.69 Å². The number of imidazole rings is 1. The van der Waals surface area contributed by atoms with Crippen molar-refractivity contribution in [2.75, 3.05) is 17.2 Å². The van der Waals surface area contributed by atoms with Crippen LogP contribution in [0, 0.1) is 0 Å². The number of nitrogens with two attached hydrogens (primary N) is 1. The average Bonchev–Trinajstić information content (AvgIpc) is 2.83. The van der Waals surface area contributed by atoms with Crippen LogP contribution in [-0.4, -0.2) is 22.0 Å². The van der Waals surface area contributed by atoms with Gasteiger partial charge in [0.2, 0.25) is 0 Å². The number of aromatic nitrogens is 2. The third kappa shape index (κ3) is 2.07. The van der Waals surface area contributed by atoms with Gasteiger partial charge in [0, 0.05) is 31.2 Å². The summed E-state index contributed by atoms with van der Waals surface area (Å²) < 4.78 is 1.78. The number of aryl methyl sites for hydroxylation is 2. The molecule has 0 radical (unpaired) electrons. The first-order chi connectivity index (χ1) is 9.15. The Labute approximate surface area is 111 Å². The van der Waals surface area contributed by atoms with Gasteiger partial charge in [-0.25, -0.2) is 4.98 Å². The van der Waals surface area contributed by atoms with Gasteiger partial charge in [0.05, 0.1) is 6.33 Å². The molecule has 0 aliphatic carbocycles. The molecule has 2 aromatic rings. The monoisotopic (exact) mass is 256 g/mol. The SMILES string of the molecule is Cn1cnc(C(=O)N2CCCc3cc(N)ccc32)c1. The van der Waals surface area contributed by atoms with E-state index < -0.39 is 0 Å². The Hall–Kier alpha value is -2.30. The van der Waals surface area contributed by atoms with Gasteiger partial charge in [-0.15, -0.1) is 0 Å². The topological polar surface area (TPSA) is 64.2 Å². The van der Waals surface area contributed by atoms with E-state index in [1.165, 1.54) is 0 Å². The first-order valence-corrected chi connectivity index (χ1v) is 6.33. The number of carbonyl (C=O) groups is 1. The van der Waals surface area contributed by atoms with Crippen LogP contribution in [0.1, 0.15) is 22.5 Å². The maximum Gasteiger partial charge on any atom is 0.278 e. The predicted molar refractivity (Wildman–Crippen MR) is 74.1 cm³/mol. The Morgan fingerprint density at radius 2 is 2.26 bits per heavy atom. The molecule has 19 heavy (non-hydrogen) atoms. The van der Waals surface area contributed by atoms with E-state index in [9.17, 15) is 4.79 Å². The van der Waals surface area contributed by atoms with E-state index in [0.717, 1.165) is 36.3 Å². The van der Waals surface area contributed by atoms with Crippen LogP contribution in [0.25, 0.3) is 0 Å². The van der Waals surface area contributed by atoms with Crippen LogP contribution >= 0.6 is 0 Å². The van der Waals surface area contributed by atoms with Crippen molar-refractivity contribution in [1.82, 2.24) is 9.55 Å². The van der Waals surface area contributed by atoms with Crippen molar-refractivity contribution >= 4 is 17.3 Å². The Morgan fingerprint density at radius 1 is 1.42 bits per heavy atom. The predicted octanol–water partition coefficient (Wildman–Crippen LogP) is 1.60. The molecule has 98 valence electrons. The maximum absolute atomic E-state index is 12.5. The largest absolute Gasteiger partial charge is 0.399 e. The number of rotatable bonds is 1. The molecule has 1 amide bonds. The zero-order valence-corrected chi connectivity index (χ0v) is 10.8. The highest BCUT2D eigenvalue weighted by Crippen LogP contribution is 2.29. The molecular weight excluding hydrogens is 240 g/mol. The highest BCUT2D eigenvalue weighted by molar-refractivity contribution is 6.05. The minimum Gasteiger partial charge on any atom is -0.399 e. The van der Waals surface area contributed by atoms with E-state index in [-0.39, 0.29) is 5.91 Å². The molecule has 1 aliphatic heterocycles. The third-order valence-corrected chi connectivity index (χ3v) is 3.39. The van der Waals surface area contributed by atoms with Crippen LogP contribution in [0.4, 0.5) is 11.4 Å². The molecule has 0 unspecified atom stereocenters. The molecule has 0 saturated carbocycles. The van der Waals surface area contributed by atoms with Crippen LogP contribution in [0.15, 0.2) is 30.7 Å². The standard InChI is InChI=1S/C14H16N4O/c1-17-8-12(16-9-17)14(19)18-6-2-3-10-7-11(15)4-5-13(10)18/h4-5,7-9H,2-3,6,15H2,1H3. The molecule has 0 bridgehead atoms. The first kappa shape index (κ1) is 11.8. The summed E-state index contributed by atoms with van der Waals surface area (Å²) in [4.78, 5) is 18.4. The smallest absolute Gasteiger partial charge is 0.278 e. The van der Waals surface area contributed by atoms with Gasteiger partial charge in [0.15, 0.2) is 0 Å². The number of carbonyl (C=O) groups excluding carboxylic acids is 1. The summed E-state index contributed by atoms with van der Waals surface area (Å²) in [5.74, 6) is -0.0497. The fourth-order valence-corrected chi connectivity index (χ4v) is 2.49. The maximum atomic E-state index is 12.5. The van der Waals surface area contributed by atoms with E-state index in [1.807, 2.05) is 25.2 Å². The van der Waals surface area contributed by atoms with Gasteiger partial charge in [-0.05, 0) is 36.6 Å². The van der Waals surface area contributed by atoms with Crippen molar-refractivity contribution in [2.45, 2.75) is 12.8 Å². The summed E-state index contributed by atoms with van der Waals surface area (Å²) in [5.41, 5.74) is 9.11. The highest BCUT2D eigenvalue weighted by atomic mass is 16.2. The van der Waals surface area contributed by atoms with Crippen LogP contribution in [0.2, 0.25) is 0 Å². The molecular formula is C14H16N4O. The summed E-state index contributed by atoms with van der Waals surface area (Å²) in [5, 5.41) is 0. The Bertz CT molecular complexity index is 632. The fourth-order valence-electron chi connectivity index (χ4n) is 2.49. The molecule has 1 aliphatic rings. The molecule has 1 aromatic heterocycles. The average molecular weight is 256 g/mol. The Balaban J connectivity index is 1.97. The molecule has 3 rings (SSSR count). The number of hydrogen-bond acceptors (Lipinski definition) is 3. The quantitative estimate of drug-likeness (QED) is 0.788. The van der Waals surface area contributed by atoms with Gasteiger partial charge in [-0.2, -0.15) is 0 Å². The summed E-state index contributed by atoms with van der Waals surface area (Å²) in [6.07, 6.45) is 5.30.